The number of rotatable bonds is 2. The van der Waals surface area contributed by atoms with Gasteiger partial charge in [0, 0.05) is 28.5 Å². The van der Waals surface area contributed by atoms with Gasteiger partial charge in [0.15, 0.2) is 0 Å². The zero-order chi connectivity index (χ0) is 15.5. The first kappa shape index (κ1) is 14.1. The van der Waals surface area contributed by atoms with E-state index in [4.69, 9.17) is 17.3 Å². The van der Waals surface area contributed by atoms with Gasteiger partial charge in [-0.05, 0) is 35.9 Å². The number of anilines is 1. The van der Waals surface area contributed by atoms with E-state index in [9.17, 15) is 5.26 Å². The van der Waals surface area contributed by atoms with Crippen LogP contribution >= 0.6 is 11.6 Å². The molecule has 4 nitrogen and oxygen atoms in total. The van der Waals surface area contributed by atoms with Crippen LogP contribution in [0.2, 0.25) is 5.02 Å². The standard InChI is InChI=1S/C17H11ClN4/c18-13-5-3-11(4-6-13)14-8-16(12-2-1-7-21-10-12)22-17(20)15(14)9-19/h1-8,10H,(H2,20,22). The molecule has 2 aromatic heterocycles. The lowest BCUT2D eigenvalue weighted by atomic mass is 9.99. The van der Waals surface area contributed by atoms with E-state index < -0.39 is 0 Å². The largest absolute Gasteiger partial charge is 0.383 e. The van der Waals surface area contributed by atoms with E-state index >= 15 is 0 Å². The molecule has 0 bridgehead atoms. The zero-order valence-corrected chi connectivity index (χ0v) is 12.2. The van der Waals surface area contributed by atoms with E-state index in [1.807, 2.05) is 30.3 Å². The third-order valence-electron chi connectivity index (χ3n) is 3.27. The topological polar surface area (TPSA) is 75.6 Å². The van der Waals surface area contributed by atoms with Gasteiger partial charge in [-0.1, -0.05) is 23.7 Å². The summed E-state index contributed by atoms with van der Waals surface area (Å²) in [4.78, 5) is 8.39. The Morgan fingerprint density at radius 2 is 1.86 bits per heavy atom. The number of nitrogens with two attached hydrogens (primary N) is 1. The normalized spacial score (nSPS) is 10.2. The lowest BCUT2D eigenvalue weighted by Crippen LogP contribution is -1.99. The number of halogens is 1. The number of nitrogens with zero attached hydrogens (tertiary/aromatic N) is 3. The Kier molecular flexibility index (Phi) is 3.73. The van der Waals surface area contributed by atoms with Gasteiger partial charge in [0.05, 0.1) is 5.69 Å². The van der Waals surface area contributed by atoms with Gasteiger partial charge in [-0.15, -0.1) is 0 Å². The minimum atomic E-state index is 0.203. The first-order chi connectivity index (χ1) is 10.7. The Hall–Kier alpha value is -2.90. The summed E-state index contributed by atoms with van der Waals surface area (Å²) in [5.41, 5.74) is 9.42. The van der Waals surface area contributed by atoms with E-state index in [2.05, 4.69) is 16.0 Å². The predicted octanol–water partition coefficient (Wildman–Crippen LogP) is 3.92. The van der Waals surface area contributed by atoms with Gasteiger partial charge < -0.3 is 5.73 Å². The van der Waals surface area contributed by atoms with Gasteiger partial charge in [0.25, 0.3) is 0 Å². The second kappa shape index (κ2) is 5.84. The fourth-order valence-electron chi connectivity index (χ4n) is 2.20. The number of pyridine rings is 2. The first-order valence-electron chi connectivity index (χ1n) is 6.56. The van der Waals surface area contributed by atoms with Crippen molar-refractivity contribution >= 4 is 17.4 Å². The Morgan fingerprint density at radius 1 is 1.09 bits per heavy atom. The van der Waals surface area contributed by atoms with Crippen LogP contribution in [0, 0.1) is 11.3 Å². The van der Waals surface area contributed by atoms with E-state index in [0.717, 1.165) is 16.7 Å². The summed E-state index contributed by atoms with van der Waals surface area (Å²) < 4.78 is 0. The highest BCUT2D eigenvalue weighted by Gasteiger charge is 2.13. The molecular formula is C17H11ClN4. The first-order valence-corrected chi connectivity index (χ1v) is 6.94. The highest BCUT2D eigenvalue weighted by atomic mass is 35.5. The van der Waals surface area contributed by atoms with Gasteiger partial charge in [-0.25, -0.2) is 4.98 Å². The lowest BCUT2D eigenvalue weighted by Gasteiger charge is -2.10. The van der Waals surface area contributed by atoms with E-state index in [-0.39, 0.29) is 5.82 Å². The van der Waals surface area contributed by atoms with Gasteiger partial charge in [0.2, 0.25) is 0 Å². The summed E-state index contributed by atoms with van der Waals surface area (Å²) >= 11 is 5.92. The zero-order valence-electron chi connectivity index (χ0n) is 11.5. The van der Waals surface area contributed by atoms with Gasteiger partial charge in [-0.3, -0.25) is 4.98 Å². The van der Waals surface area contributed by atoms with E-state index in [0.29, 0.717) is 16.3 Å². The molecule has 0 saturated carbocycles. The van der Waals surface area contributed by atoms with Gasteiger partial charge in [-0.2, -0.15) is 5.26 Å². The van der Waals surface area contributed by atoms with Crippen molar-refractivity contribution in [2.75, 3.05) is 5.73 Å². The minimum absolute atomic E-state index is 0.203. The minimum Gasteiger partial charge on any atom is -0.383 e. The molecular weight excluding hydrogens is 296 g/mol. The molecule has 0 fully saturated rings. The fourth-order valence-corrected chi connectivity index (χ4v) is 2.33. The van der Waals surface area contributed by atoms with Gasteiger partial charge >= 0.3 is 0 Å². The average Bonchev–Trinajstić information content (AvgIpc) is 2.55. The van der Waals surface area contributed by atoms with Crippen molar-refractivity contribution in [1.29, 1.82) is 5.26 Å². The number of aromatic nitrogens is 2. The van der Waals surface area contributed by atoms with Crippen LogP contribution < -0.4 is 5.73 Å². The maximum absolute atomic E-state index is 9.37. The molecule has 0 aliphatic heterocycles. The van der Waals surface area contributed by atoms with Crippen molar-refractivity contribution in [2.45, 2.75) is 0 Å². The summed E-state index contributed by atoms with van der Waals surface area (Å²) in [5, 5.41) is 10.0. The molecule has 0 atom stereocenters. The quantitative estimate of drug-likeness (QED) is 0.778. The summed E-state index contributed by atoms with van der Waals surface area (Å²) in [6.07, 6.45) is 3.40. The van der Waals surface area contributed by atoms with Crippen molar-refractivity contribution in [1.82, 2.24) is 9.97 Å². The Morgan fingerprint density at radius 3 is 2.50 bits per heavy atom. The van der Waals surface area contributed by atoms with Crippen LogP contribution in [0.15, 0.2) is 54.9 Å². The Balaban J connectivity index is 2.22. The second-order valence-corrected chi connectivity index (χ2v) is 5.11. The number of hydrogen-bond donors (Lipinski definition) is 1. The van der Waals surface area contributed by atoms with Crippen molar-refractivity contribution in [3.63, 3.8) is 0 Å². The van der Waals surface area contributed by atoms with Crippen LogP contribution in [0.1, 0.15) is 5.56 Å². The monoisotopic (exact) mass is 306 g/mol. The SMILES string of the molecule is N#Cc1c(-c2ccc(Cl)cc2)cc(-c2cccnc2)nc1N. The molecule has 1 aromatic carbocycles. The highest BCUT2D eigenvalue weighted by Crippen LogP contribution is 2.31. The summed E-state index contributed by atoms with van der Waals surface area (Å²) in [6.45, 7) is 0. The van der Waals surface area contributed by atoms with Crippen LogP contribution in [-0.4, -0.2) is 9.97 Å². The third kappa shape index (κ3) is 2.62. The summed E-state index contributed by atoms with van der Waals surface area (Å²) in [6, 6.07) is 14.9. The molecule has 22 heavy (non-hydrogen) atoms. The molecule has 3 aromatic rings. The van der Waals surface area contributed by atoms with Crippen molar-refractivity contribution in [2.24, 2.45) is 0 Å². The summed E-state index contributed by atoms with van der Waals surface area (Å²) in [5.74, 6) is 0.203. The van der Waals surface area contributed by atoms with Crippen molar-refractivity contribution < 1.29 is 0 Å². The van der Waals surface area contributed by atoms with Crippen LogP contribution in [0.4, 0.5) is 5.82 Å². The molecule has 0 saturated heterocycles. The number of hydrogen-bond acceptors (Lipinski definition) is 4. The second-order valence-electron chi connectivity index (χ2n) is 4.68. The molecule has 0 radical (unpaired) electrons. The smallest absolute Gasteiger partial charge is 0.142 e. The summed E-state index contributed by atoms with van der Waals surface area (Å²) in [7, 11) is 0. The third-order valence-corrected chi connectivity index (χ3v) is 3.52. The average molecular weight is 307 g/mol. The fraction of sp³-hybridized carbons (Fsp3) is 0. The maximum atomic E-state index is 9.37. The van der Waals surface area contributed by atoms with E-state index in [1.165, 1.54) is 0 Å². The Bertz CT molecular complexity index is 852. The Labute approximate surface area is 132 Å². The predicted molar refractivity (Wildman–Crippen MR) is 87.0 cm³/mol. The van der Waals surface area contributed by atoms with Crippen LogP contribution in [0.25, 0.3) is 22.4 Å². The lowest BCUT2D eigenvalue weighted by molar-refractivity contribution is 1.27. The molecule has 0 spiro atoms. The van der Waals surface area contributed by atoms with Crippen LogP contribution in [0.3, 0.4) is 0 Å². The molecule has 5 heteroatoms. The molecule has 3 rings (SSSR count). The number of benzene rings is 1. The van der Waals surface area contributed by atoms with Gasteiger partial charge in [0.1, 0.15) is 17.5 Å². The van der Waals surface area contributed by atoms with Crippen molar-refractivity contribution in [3.05, 3.63) is 65.4 Å². The number of nitriles is 1. The van der Waals surface area contributed by atoms with Crippen LogP contribution in [-0.2, 0) is 0 Å². The van der Waals surface area contributed by atoms with Crippen LogP contribution in [0.5, 0.6) is 0 Å². The van der Waals surface area contributed by atoms with Crippen molar-refractivity contribution in [3.8, 4) is 28.5 Å². The molecule has 2 heterocycles. The maximum Gasteiger partial charge on any atom is 0.142 e. The van der Waals surface area contributed by atoms with E-state index in [1.54, 1.807) is 24.5 Å². The molecule has 2 N–H and O–H groups in total. The highest BCUT2D eigenvalue weighted by molar-refractivity contribution is 6.30. The molecule has 0 unspecified atom stereocenters. The molecule has 0 aliphatic carbocycles. The number of nitrogen functional groups attached to an aromatic ring is 1. The molecule has 0 aliphatic rings. The molecule has 0 amide bonds. The molecule has 106 valence electrons.